The van der Waals surface area contributed by atoms with Crippen molar-refractivity contribution in [1.82, 2.24) is 9.88 Å². The van der Waals surface area contributed by atoms with Gasteiger partial charge in [-0.15, -0.1) is 0 Å². The molecular weight excluding hydrogens is 420 g/mol. The Bertz CT molecular complexity index is 1140. The zero-order valence-electron chi connectivity index (χ0n) is 20.1. The van der Waals surface area contributed by atoms with Gasteiger partial charge in [-0.25, -0.2) is 4.79 Å². The number of ether oxygens (including phenoxy) is 2. The van der Waals surface area contributed by atoms with Crippen LogP contribution in [0.15, 0.2) is 35.9 Å². The Kier molecular flexibility index (Phi) is 5.85. The lowest BCUT2D eigenvalue weighted by Gasteiger charge is -2.47. The van der Waals surface area contributed by atoms with E-state index in [0.29, 0.717) is 18.4 Å². The highest BCUT2D eigenvalue weighted by Gasteiger charge is 2.51. The summed E-state index contributed by atoms with van der Waals surface area (Å²) in [4.78, 5) is 44.7. The molecule has 1 aromatic heterocycles. The molecular formula is C26H32N2O5. The lowest BCUT2D eigenvalue weighted by atomic mass is 9.74. The number of H-pyrrole nitrogens is 1. The third-order valence-electron chi connectivity index (χ3n) is 6.77. The van der Waals surface area contributed by atoms with Crippen LogP contribution in [-0.2, 0) is 30.3 Å². The van der Waals surface area contributed by atoms with Crippen molar-refractivity contribution in [3.63, 3.8) is 0 Å². The first-order chi connectivity index (χ1) is 15.6. The number of benzene rings is 1. The van der Waals surface area contributed by atoms with Crippen molar-refractivity contribution in [2.45, 2.75) is 65.1 Å². The molecule has 4 rings (SSSR count). The summed E-state index contributed by atoms with van der Waals surface area (Å²) >= 11 is 0. The minimum atomic E-state index is -0.738. The first kappa shape index (κ1) is 23.1. The molecule has 0 aliphatic carbocycles. The van der Waals surface area contributed by atoms with Crippen LogP contribution in [0.4, 0.5) is 0 Å². The summed E-state index contributed by atoms with van der Waals surface area (Å²) in [5.41, 5.74) is 2.80. The van der Waals surface area contributed by atoms with Crippen molar-refractivity contribution < 1.29 is 23.9 Å². The maximum absolute atomic E-state index is 13.8. The molecule has 7 nitrogen and oxygen atoms in total. The molecule has 1 aromatic carbocycles. The van der Waals surface area contributed by atoms with E-state index in [-0.39, 0.29) is 23.8 Å². The fourth-order valence-electron chi connectivity index (χ4n) is 5.29. The third-order valence-corrected chi connectivity index (χ3v) is 6.77. The molecule has 1 unspecified atom stereocenters. The molecule has 2 aromatic rings. The number of para-hydroxylation sites is 1. The maximum atomic E-state index is 13.8. The zero-order valence-corrected chi connectivity index (χ0v) is 20.1. The highest BCUT2D eigenvalue weighted by atomic mass is 16.6. The van der Waals surface area contributed by atoms with Gasteiger partial charge in [0.1, 0.15) is 11.6 Å². The Hall–Kier alpha value is -3.09. The number of hydrogen-bond acceptors (Lipinski definition) is 5. The number of allylic oxidation sites excluding steroid dienone is 1. The van der Waals surface area contributed by atoms with Gasteiger partial charge in [0.15, 0.2) is 0 Å². The van der Waals surface area contributed by atoms with Gasteiger partial charge >= 0.3 is 11.9 Å². The zero-order chi connectivity index (χ0) is 24.1. The Balaban J connectivity index is 1.85. The normalized spacial score (nSPS) is 24.9. The number of carbonyl (C=O) groups excluding carboxylic acids is 3. The Morgan fingerprint density at radius 2 is 1.94 bits per heavy atom. The number of nitrogens with one attached hydrogen (secondary N) is 1. The van der Waals surface area contributed by atoms with Gasteiger partial charge in [-0.2, -0.15) is 0 Å². The topological polar surface area (TPSA) is 88.7 Å². The van der Waals surface area contributed by atoms with E-state index in [2.05, 4.69) is 4.98 Å². The molecule has 33 heavy (non-hydrogen) atoms. The molecule has 7 heteroatoms. The summed E-state index contributed by atoms with van der Waals surface area (Å²) in [5.74, 6) is -1.78. The van der Waals surface area contributed by atoms with Gasteiger partial charge in [0.05, 0.1) is 19.1 Å². The number of hydrogen-bond donors (Lipinski definition) is 1. The minimum Gasteiger partial charge on any atom is -0.469 e. The maximum Gasteiger partial charge on any atom is 0.329 e. The van der Waals surface area contributed by atoms with Crippen LogP contribution >= 0.6 is 0 Å². The number of esters is 2. The van der Waals surface area contributed by atoms with Gasteiger partial charge in [0.25, 0.3) is 5.91 Å². The van der Waals surface area contributed by atoms with Crippen molar-refractivity contribution in [3.8, 4) is 0 Å². The van der Waals surface area contributed by atoms with E-state index in [1.807, 2.05) is 45.0 Å². The fraction of sp³-hybridized carbons (Fsp3) is 0.500. The number of aromatic nitrogens is 1. The van der Waals surface area contributed by atoms with Crippen LogP contribution in [0.5, 0.6) is 0 Å². The molecule has 176 valence electrons. The molecule has 0 radical (unpaired) electrons. The van der Waals surface area contributed by atoms with E-state index in [1.165, 1.54) is 7.11 Å². The molecule has 2 aliphatic rings. The third kappa shape index (κ3) is 3.94. The van der Waals surface area contributed by atoms with Gasteiger partial charge in [-0.05, 0) is 45.7 Å². The number of amides is 1. The van der Waals surface area contributed by atoms with Crippen LogP contribution in [0.3, 0.4) is 0 Å². The number of methoxy groups -OCH3 is 1. The summed E-state index contributed by atoms with van der Waals surface area (Å²) in [6.45, 7) is 9.07. The number of carbonyl (C=O) groups is 3. The van der Waals surface area contributed by atoms with Crippen molar-refractivity contribution in [3.05, 3.63) is 47.2 Å². The predicted molar refractivity (Wildman–Crippen MR) is 124 cm³/mol. The quantitative estimate of drug-likeness (QED) is 0.560. The number of aromatic amines is 1. The molecule has 1 fully saturated rings. The first-order valence-corrected chi connectivity index (χ1v) is 11.5. The summed E-state index contributed by atoms with van der Waals surface area (Å²) in [6, 6.07) is 6.85. The lowest BCUT2D eigenvalue weighted by molar-refractivity contribution is -0.168. The molecule has 0 saturated carbocycles. The van der Waals surface area contributed by atoms with Gasteiger partial charge in [-0.3, -0.25) is 9.59 Å². The van der Waals surface area contributed by atoms with E-state index in [0.717, 1.165) is 22.2 Å². The van der Waals surface area contributed by atoms with Crippen LogP contribution in [0.2, 0.25) is 0 Å². The van der Waals surface area contributed by atoms with Crippen LogP contribution in [0.1, 0.15) is 58.3 Å². The second kappa shape index (κ2) is 8.36. The van der Waals surface area contributed by atoms with E-state index < -0.39 is 23.5 Å². The number of rotatable bonds is 3. The van der Waals surface area contributed by atoms with Gasteiger partial charge < -0.3 is 19.4 Å². The molecule has 2 aliphatic heterocycles. The van der Waals surface area contributed by atoms with E-state index in [4.69, 9.17) is 9.47 Å². The highest BCUT2D eigenvalue weighted by Crippen LogP contribution is 2.47. The molecule has 0 spiro atoms. The molecule has 0 bridgehead atoms. The molecule has 1 saturated heterocycles. The van der Waals surface area contributed by atoms with Crippen LogP contribution < -0.4 is 0 Å². The Morgan fingerprint density at radius 3 is 2.58 bits per heavy atom. The average molecular weight is 453 g/mol. The van der Waals surface area contributed by atoms with E-state index in [1.54, 1.807) is 24.8 Å². The minimum absolute atomic E-state index is 0.227. The predicted octanol–water partition coefficient (Wildman–Crippen LogP) is 4.08. The van der Waals surface area contributed by atoms with Crippen LogP contribution in [0, 0.1) is 11.8 Å². The first-order valence-electron chi connectivity index (χ1n) is 11.5. The summed E-state index contributed by atoms with van der Waals surface area (Å²) in [6.07, 6.45) is 2.65. The second-order valence-electron chi connectivity index (χ2n) is 9.94. The summed E-state index contributed by atoms with van der Waals surface area (Å²) in [7, 11) is 1.36. The average Bonchev–Trinajstić information content (AvgIpc) is 3.15. The Morgan fingerprint density at radius 1 is 1.24 bits per heavy atom. The van der Waals surface area contributed by atoms with Gasteiger partial charge in [0, 0.05) is 34.5 Å². The number of nitrogens with zero attached hydrogens (tertiary/aromatic N) is 1. The number of piperidine rings is 1. The molecule has 3 heterocycles. The molecule has 4 atom stereocenters. The fourth-order valence-corrected chi connectivity index (χ4v) is 5.29. The number of fused-ring (bicyclic) bond motifs is 5. The highest BCUT2D eigenvalue weighted by molar-refractivity contribution is 5.99. The van der Waals surface area contributed by atoms with E-state index in [9.17, 15) is 14.4 Å². The largest absolute Gasteiger partial charge is 0.469 e. The van der Waals surface area contributed by atoms with E-state index >= 15 is 0 Å². The molecule has 1 amide bonds. The lowest BCUT2D eigenvalue weighted by Crippen LogP contribution is -2.56. The van der Waals surface area contributed by atoms with Crippen molar-refractivity contribution in [2.24, 2.45) is 11.8 Å². The smallest absolute Gasteiger partial charge is 0.329 e. The van der Waals surface area contributed by atoms with Crippen LogP contribution in [-0.4, -0.2) is 46.5 Å². The van der Waals surface area contributed by atoms with Gasteiger partial charge in [-0.1, -0.05) is 31.2 Å². The van der Waals surface area contributed by atoms with Gasteiger partial charge in [0.2, 0.25) is 0 Å². The Labute approximate surface area is 194 Å². The standard InChI is InChI=1S/C26H32N2O5/c1-7-15-17(14(2)24(30)32-6)12-20-22-18(16-10-8-9-11-19(16)27-22)13-21(28(20)23(15)29)25(31)33-26(3,4)5/h7-11,14,17,20-21,27H,12-13H2,1-6H3/b15-7+/t14?,17-,20+,21-/m1/s1. The summed E-state index contributed by atoms with van der Waals surface area (Å²) < 4.78 is 10.7. The SMILES string of the molecule is C/C=C1/C(=O)N2[C@@H](C(=O)OC(C)(C)C)Cc3c([nH]c4ccccc34)[C@@H]2C[C@@H]1C(C)C(=O)OC. The summed E-state index contributed by atoms with van der Waals surface area (Å²) in [5, 5.41) is 1.04. The second-order valence-corrected chi connectivity index (χ2v) is 9.94. The molecule has 1 N–H and O–H groups in total. The monoisotopic (exact) mass is 452 g/mol. The van der Waals surface area contributed by atoms with Crippen molar-refractivity contribution in [2.75, 3.05) is 7.11 Å². The van der Waals surface area contributed by atoms with Crippen molar-refractivity contribution in [1.29, 1.82) is 0 Å². The van der Waals surface area contributed by atoms with Crippen LogP contribution in [0.25, 0.3) is 10.9 Å². The van der Waals surface area contributed by atoms with Crippen molar-refractivity contribution >= 4 is 28.7 Å².